The molecule has 0 bridgehead atoms. The van der Waals surface area contributed by atoms with Crippen molar-refractivity contribution in [2.24, 2.45) is 4.99 Å². The van der Waals surface area contributed by atoms with Crippen LogP contribution in [0.4, 0.5) is 0 Å². The Bertz CT molecular complexity index is 892. The number of sulfone groups is 1. The summed E-state index contributed by atoms with van der Waals surface area (Å²) in [5.74, 6) is 2.03. The van der Waals surface area contributed by atoms with Crippen LogP contribution in [0.25, 0.3) is 0 Å². The minimum absolute atomic E-state index is 0.322. The molecule has 2 aromatic carbocycles. The molecule has 0 aliphatic carbocycles. The van der Waals surface area contributed by atoms with Crippen molar-refractivity contribution in [1.82, 2.24) is 10.6 Å². The molecule has 0 heterocycles. The highest BCUT2D eigenvalue weighted by Gasteiger charge is 2.08. The summed E-state index contributed by atoms with van der Waals surface area (Å²) in [6.45, 7) is 6.28. The topological polar surface area (TPSA) is 79.8 Å². The molecule has 0 fully saturated rings. The van der Waals surface area contributed by atoms with Gasteiger partial charge < -0.3 is 15.4 Å². The molecule has 0 aliphatic heterocycles. The van der Waals surface area contributed by atoms with E-state index in [-0.39, 0.29) is 0 Å². The highest BCUT2D eigenvalue weighted by atomic mass is 32.2. The van der Waals surface area contributed by atoms with Gasteiger partial charge in [-0.3, -0.25) is 0 Å². The third-order valence-electron chi connectivity index (χ3n) is 4.67. The molecule has 0 saturated heterocycles. The van der Waals surface area contributed by atoms with Gasteiger partial charge in [0.25, 0.3) is 0 Å². The molecule has 158 valence electrons. The maximum atomic E-state index is 11.5. The molecule has 0 spiro atoms. The average Bonchev–Trinajstić information content (AvgIpc) is 2.71. The van der Waals surface area contributed by atoms with Crippen molar-refractivity contribution in [1.29, 1.82) is 0 Å². The number of hydrogen-bond donors (Lipinski definition) is 2. The number of ether oxygens (including phenoxy) is 1. The van der Waals surface area contributed by atoms with Crippen LogP contribution in [-0.4, -0.2) is 40.8 Å². The molecule has 2 N–H and O–H groups in total. The Kier molecular flexibility index (Phi) is 8.51. The van der Waals surface area contributed by atoms with E-state index >= 15 is 0 Å². The Labute approximate surface area is 174 Å². The summed E-state index contributed by atoms with van der Waals surface area (Å²) < 4.78 is 28.3. The third kappa shape index (κ3) is 7.42. The first-order valence-electron chi connectivity index (χ1n) is 9.78. The van der Waals surface area contributed by atoms with Gasteiger partial charge >= 0.3 is 0 Å². The van der Waals surface area contributed by atoms with Gasteiger partial charge in [-0.25, -0.2) is 13.4 Å². The lowest BCUT2D eigenvalue weighted by Gasteiger charge is -2.15. The summed E-state index contributed by atoms with van der Waals surface area (Å²) in [5.41, 5.74) is 2.24. The number of nitrogens with zero attached hydrogens (tertiary/aromatic N) is 1. The average molecular weight is 418 g/mol. The minimum atomic E-state index is -3.17. The third-order valence-corrected chi connectivity index (χ3v) is 5.80. The van der Waals surface area contributed by atoms with Gasteiger partial charge in [0, 0.05) is 19.3 Å². The first-order chi connectivity index (χ1) is 13.8. The van der Waals surface area contributed by atoms with E-state index in [9.17, 15) is 8.42 Å². The fourth-order valence-electron chi connectivity index (χ4n) is 2.86. The van der Waals surface area contributed by atoms with Crippen molar-refractivity contribution < 1.29 is 13.2 Å². The summed E-state index contributed by atoms with van der Waals surface area (Å²) in [6, 6.07) is 15.0. The van der Waals surface area contributed by atoms with Crippen molar-refractivity contribution in [2.45, 2.75) is 37.6 Å². The Morgan fingerprint density at radius 1 is 1.07 bits per heavy atom. The molecular weight excluding hydrogens is 386 g/mol. The first kappa shape index (κ1) is 22.7. The van der Waals surface area contributed by atoms with E-state index in [0.29, 0.717) is 17.4 Å². The number of guanidine groups is 1. The molecule has 29 heavy (non-hydrogen) atoms. The van der Waals surface area contributed by atoms with E-state index in [2.05, 4.69) is 34.7 Å². The molecule has 1 unspecified atom stereocenters. The second-order valence-corrected chi connectivity index (χ2v) is 9.02. The van der Waals surface area contributed by atoms with Gasteiger partial charge in [-0.1, -0.05) is 31.2 Å². The van der Waals surface area contributed by atoms with E-state index in [1.165, 1.54) is 11.8 Å². The van der Waals surface area contributed by atoms with Crippen LogP contribution in [0.2, 0.25) is 0 Å². The summed E-state index contributed by atoms with van der Waals surface area (Å²) in [5, 5.41) is 6.61. The molecule has 7 heteroatoms. The van der Waals surface area contributed by atoms with Gasteiger partial charge in [-0.05, 0) is 54.7 Å². The van der Waals surface area contributed by atoms with Crippen LogP contribution in [0.3, 0.4) is 0 Å². The van der Waals surface area contributed by atoms with Gasteiger partial charge in [0.15, 0.2) is 15.8 Å². The Morgan fingerprint density at radius 3 is 2.28 bits per heavy atom. The quantitative estimate of drug-likeness (QED) is 0.483. The van der Waals surface area contributed by atoms with Crippen molar-refractivity contribution in [2.75, 3.05) is 26.5 Å². The smallest absolute Gasteiger partial charge is 0.191 e. The lowest BCUT2D eigenvalue weighted by atomic mass is 9.98. The molecular formula is C22H31N3O3S. The van der Waals surface area contributed by atoms with Gasteiger partial charge in [0.1, 0.15) is 5.75 Å². The second kappa shape index (κ2) is 10.9. The largest absolute Gasteiger partial charge is 0.497 e. The number of nitrogens with one attached hydrogen (secondary N) is 2. The first-order valence-corrected chi connectivity index (χ1v) is 11.7. The predicted octanol–water partition coefficient (Wildman–Crippen LogP) is 3.35. The number of hydrogen-bond acceptors (Lipinski definition) is 4. The number of benzene rings is 2. The van der Waals surface area contributed by atoms with Crippen LogP contribution in [0, 0.1) is 0 Å². The molecule has 2 aromatic rings. The maximum Gasteiger partial charge on any atom is 0.191 e. The zero-order valence-corrected chi connectivity index (χ0v) is 18.4. The standard InChI is InChI=1S/C22H31N3O3S/c1-5-23-22(25-16-18-6-12-21(13-7-18)29(4,26)27)24-15-14-17(2)19-8-10-20(28-3)11-9-19/h6-13,17H,5,14-16H2,1-4H3,(H2,23,24,25). The highest BCUT2D eigenvalue weighted by molar-refractivity contribution is 7.90. The van der Waals surface area contributed by atoms with Crippen molar-refractivity contribution in [3.63, 3.8) is 0 Å². The molecule has 1 atom stereocenters. The molecule has 6 nitrogen and oxygen atoms in total. The fraction of sp³-hybridized carbons (Fsp3) is 0.409. The number of rotatable bonds is 9. The zero-order valence-electron chi connectivity index (χ0n) is 17.6. The summed E-state index contributed by atoms with van der Waals surface area (Å²) in [4.78, 5) is 4.92. The molecule has 2 rings (SSSR count). The molecule has 0 aliphatic rings. The van der Waals surface area contributed by atoms with E-state index < -0.39 is 9.84 Å². The summed E-state index contributed by atoms with van der Waals surface area (Å²) in [6.07, 6.45) is 2.18. The molecule has 0 radical (unpaired) electrons. The summed E-state index contributed by atoms with van der Waals surface area (Å²) >= 11 is 0. The number of aliphatic imine (C=N–C) groups is 1. The van der Waals surface area contributed by atoms with Gasteiger partial charge in [0.2, 0.25) is 0 Å². The van der Waals surface area contributed by atoms with Crippen molar-refractivity contribution >= 4 is 15.8 Å². The Balaban J connectivity index is 1.89. The van der Waals surface area contributed by atoms with Crippen LogP contribution < -0.4 is 15.4 Å². The molecule has 0 saturated carbocycles. The number of methoxy groups -OCH3 is 1. The van der Waals surface area contributed by atoms with Gasteiger partial charge in [-0.2, -0.15) is 0 Å². The van der Waals surface area contributed by atoms with Crippen LogP contribution >= 0.6 is 0 Å². The lowest BCUT2D eigenvalue weighted by Crippen LogP contribution is -2.38. The second-order valence-electron chi connectivity index (χ2n) is 7.00. The summed E-state index contributed by atoms with van der Waals surface area (Å²) in [7, 11) is -1.50. The van der Waals surface area contributed by atoms with Crippen LogP contribution in [0.5, 0.6) is 5.75 Å². The minimum Gasteiger partial charge on any atom is -0.497 e. The highest BCUT2D eigenvalue weighted by Crippen LogP contribution is 2.21. The maximum absolute atomic E-state index is 11.5. The molecule has 0 aromatic heterocycles. The van der Waals surface area contributed by atoms with E-state index in [1.54, 1.807) is 31.4 Å². The lowest BCUT2D eigenvalue weighted by molar-refractivity contribution is 0.414. The fourth-order valence-corrected chi connectivity index (χ4v) is 3.49. The van der Waals surface area contributed by atoms with Crippen LogP contribution in [0.1, 0.15) is 37.3 Å². The van der Waals surface area contributed by atoms with E-state index in [4.69, 9.17) is 4.74 Å². The van der Waals surface area contributed by atoms with Crippen LogP contribution in [0.15, 0.2) is 58.4 Å². The SMILES string of the molecule is CCNC(=NCc1ccc(S(C)(=O)=O)cc1)NCCC(C)c1ccc(OC)cc1. The van der Waals surface area contributed by atoms with E-state index in [0.717, 1.165) is 36.8 Å². The van der Waals surface area contributed by atoms with E-state index in [1.807, 2.05) is 19.1 Å². The van der Waals surface area contributed by atoms with Crippen molar-refractivity contribution in [3.8, 4) is 5.75 Å². The zero-order chi connectivity index (χ0) is 21.3. The molecule has 0 amide bonds. The Hall–Kier alpha value is -2.54. The predicted molar refractivity (Wildman–Crippen MR) is 118 cm³/mol. The normalized spacial score (nSPS) is 13.0. The van der Waals surface area contributed by atoms with Gasteiger partial charge in [0.05, 0.1) is 18.6 Å². The van der Waals surface area contributed by atoms with Gasteiger partial charge in [-0.15, -0.1) is 0 Å². The van der Waals surface area contributed by atoms with Crippen LogP contribution in [-0.2, 0) is 16.4 Å². The monoisotopic (exact) mass is 417 g/mol. The Morgan fingerprint density at radius 2 is 1.72 bits per heavy atom. The van der Waals surface area contributed by atoms with Crippen molar-refractivity contribution in [3.05, 3.63) is 59.7 Å².